The number of carbonyl (C=O) groups is 1. The first-order valence-electron chi connectivity index (χ1n) is 7.30. The van der Waals surface area contributed by atoms with Crippen molar-refractivity contribution in [3.8, 4) is 5.75 Å². The molecule has 1 N–H and O–H groups in total. The monoisotopic (exact) mass is 285 g/mol. The Labute approximate surface area is 124 Å². The Morgan fingerprint density at radius 3 is 3.19 bits per heavy atom. The van der Waals surface area contributed by atoms with E-state index in [0.29, 0.717) is 24.9 Å². The van der Waals surface area contributed by atoms with E-state index < -0.39 is 0 Å². The molecular weight excluding hydrogens is 266 g/mol. The van der Waals surface area contributed by atoms with Crippen LogP contribution in [0.5, 0.6) is 5.75 Å². The predicted octanol–water partition coefficient (Wildman–Crippen LogP) is 2.20. The van der Waals surface area contributed by atoms with Crippen LogP contribution in [-0.4, -0.2) is 28.6 Å². The maximum atomic E-state index is 12.2. The van der Waals surface area contributed by atoms with Gasteiger partial charge in [-0.3, -0.25) is 4.79 Å². The van der Waals surface area contributed by atoms with Gasteiger partial charge in [-0.2, -0.15) is 0 Å². The molecule has 0 fully saturated rings. The zero-order chi connectivity index (χ0) is 14.7. The summed E-state index contributed by atoms with van der Waals surface area (Å²) in [6.45, 7) is 4.03. The highest BCUT2D eigenvalue weighted by atomic mass is 16.5. The summed E-state index contributed by atoms with van der Waals surface area (Å²) in [5.74, 6) is 1.57. The largest absolute Gasteiger partial charge is 0.493 e. The summed E-state index contributed by atoms with van der Waals surface area (Å²) in [5, 5.41) is 2.99. The van der Waals surface area contributed by atoms with Gasteiger partial charge in [-0.15, -0.1) is 0 Å². The van der Waals surface area contributed by atoms with Gasteiger partial charge in [-0.1, -0.05) is 18.2 Å². The molecule has 1 aliphatic heterocycles. The van der Waals surface area contributed by atoms with Crippen molar-refractivity contribution < 1.29 is 9.53 Å². The molecule has 0 spiro atoms. The molecule has 0 bridgehead atoms. The highest BCUT2D eigenvalue weighted by Crippen LogP contribution is 2.32. The summed E-state index contributed by atoms with van der Waals surface area (Å²) in [6, 6.07) is 8.02. The van der Waals surface area contributed by atoms with Crippen LogP contribution in [0, 0.1) is 0 Å². The molecule has 0 radical (unpaired) electrons. The average molecular weight is 285 g/mol. The molecule has 1 aliphatic rings. The van der Waals surface area contributed by atoms with E-state index in [1.165, 1.54) is 5.56 Å². The molecule has 1 aromatic heterocycles. The van der Waals surface area contributed by atoms with Gasteiger partial charge in [-0.05, 0) is 25.0 Å². The molecule has 110 valence electrons. The SMILES string of the molecule is CCn1ccnc1C(=O)NCC1CCOc2ccccc21. The Balaban J connectivity index is 1.67. The molecule has 5 nitrogen and oxygen atoms in total. The Bertz CT molecular complexity index is 636. The van der Waals surface area contributed by atoms with Crippen molar-refractivity contribution >= 4 is 5.91 Å². The van der Waals surface area contributed by atoms with Gasteiger partial charge in [-0.25, -0.2) is 4.98 Å². The van der Waals surface area contributed by atoms with Gasteiger partial charge in [0.2, 0.25) is 0 Å². The first-order chi connectivity index (χ1) is 10.3. The van der Waals surface area contributed by atoms with Gasteiger partial charge >= 0.3 is 0 Å². The van der Waals surface area contributed by atoms with Crippen LogP contribution in [-0.2, 0) is 6.54 Å². The van der Waals surface area contributed by atoms with E-state index in [-0.39, 0.29) is 5.91 Å². The van der Waals surface area contributed by atoms with Gasteiger partial charge < -0.3 is 14.6 Å². The number of hydrogen-bond acceptors (Lipinski definition) is 3. The second-order valence-electron chi connectivity index (χ2n) is 5.12. The zero-order valence-corrected chi connectivity index (χ0v) is 12.1. The summed E-state index contributed by atoms with van der Waals surface area (Å²) in [6.07, 6.45) is 4.39. The molecule has 1 atom stereocenters. The molecule has 1 unspecified atom stereocenters. The molecule has 0 saturated carbocycles. The maximum Gasteiger partial charge on any atom is 0.287 e. The number of para-hydroxylation sites is 1. The second kappa shape index (κ2) is 5.99. The Morgan fingerprint density at radius 1 is 1.48 bits per heavy atom. The fraction of sp³-hybridized carbons (Fsp3) is 0.375. The van der Waals surface area contributed by atoms with Crippen LogP contribution in [0.4, 0.5) is 0 Å². The third-order valence-electron chi connectivity index (χ3n) is 3.85. The van der Waals surface area contributed by atoms with Crippen LogP contribution in [0.25, 0.3) is 0 Å². The normalized spacial score (nSPS) is 16.9. The number of fused-ring (bicyclic) bond motifs is 1. The Morgan fingerprint density at radius 2 is 2.33 bits per heavy atom. The van der Waals surface area contributed by atoms with Crippen molar-refractivity contribution in [2.45, 2.75) is 25.8 Å². The smallest absolute Gasteiger partial charge is 0.287 e. The van der Waals surface area contributed by atoms with Crippen molar-refractivity contribution in [1.29, 1.82) is 0 Å². The van der Waals surface area contributed by atoms with Crippen molar-refractivity contribution in [3.05, 3.63) is 48.0 Å². The topological polar surface area (TPSA) is 56.2 Å². The highest BCUT2D eigenvalue weighted by molar-refractivity contribution is 5.90. The van der Waals surface area contributed by atoms with Crippen LogP contribution in [0.3, 0.4) is 0 Å². The standard InChI is InChI=1S/C16H19N3O2/c1-2-19-9-8-17-15(19)16(20)18-11-12-7-10-21-14-6-4-3-5-13(12)14/h3-6,8-9,12H,2,7,10-11H2,1H3,(H,18,20). The summed E-state index contributed by atoms with van der Waals surface area (Å²) in [7, 11) is 0. The number of carbonyl (C=O) groups excluding carboxylic acids is 1. The van der Waals surface area contributed by atoms with Crippen LogP contribution >= 0.6 is 0 Å². The number of aryl methyl sites for hydroxylation is 1. The van der Waals surface area contributed by atoms with Gasteiger partial charge in [0.15, 0.2) is 5.82 Å². The first-order valence-corrected chi connectivity index (χ1v) is 7.30. The van der Waals surface area contributed by atoms with Gasteiger partial charge in [0, 0.05) is 31.4 Å². The quantitative estimate of drug-likeness (QED) is 0.937. The molecule has 0 saturated heterocycles. The number of amides is 1. The molecule has 5 heteroatoms. The fourth-order valence-electron chi connectivity index (χ4n) is 2.70. The summed E-state index contributed by atoms with van der Waals surface area (Å²) in [5.41, 5.74) is 1.17. The lowest BCUT2D eigenvalue weighted by atomic mass is 9.93. The van der Waals surface area contributed by atoms with Gasteiger partial charge in [0.1, 0.15) is 5.75 Å². The highest BCUT2D eigenvalue weighted by Gasteiger charge is 2.22. The Hall–Kier alpha value is -2.30. The minimum atomic E-state index is -0.120. The van der Waals surface area contributed by atoms with Crippen molar-refractivity contribution in [1.82, 2.24) is 14.9 Å². The molecular formula is C16H19N3O2. The van der Waals surface area contributed by atoms with Crippen molar-refractivity contribution in [3.63, 3.8) is 0 Å². The number of nitrogens with one attached hydrogen (secondary N) is 1. The number of benzene rings is 1. The van der Waals surface area contributed by atoms with Crippen LogP contribution < -0.4 is 10.1 Å². The lowest BCUT2D eigenvalue weighted by molar-refractivity contribution is 0.0933. The molecule has 1 amide bonds. The minimum absolute atomic E-state index is 0.120. The number of imidazole rings is 1. The molecule has 3 rings (SSSR count). The van der Waals surface area contributed by atoms with E-state index in [2.05, 4.69) is 16.4 Å². The lowest BCUT2D eigenvalue weighted by Gasteiger charge is -2.25. The predicted molar refractivity (Wildman–Crippen MR) is 79.5 cm³/mol. The minimum Gasteiger partial charge on any atom is -0.493 e. The molecule has 0 aliphatic carbocycles. The van der Waals surface area contributed by atoms with Crippen LogP contribution in [0.2, 0.25) is 0 Å². The van der Waals surface area contributed by atoms with Crippen LogP contribution in [0.15, 0.2) is 36.7 Å². The summed E-state index contributed by atoms with van der Waals surface area (Å²) >= 11 is 0. The summed E-state index contributed by atoms with van der Waals surface area (Å²) in [4.78, 5) is 16.3. The van der Waals surface area contributed by atoms with E-state index in [1.54, 1.807) is 6.20 Å². The number of nitrogens with zero attached hydrogens (tertiary/aromatic N) is 2. The van der Waals surface area contributed by atoms with E-state index in [1.807, 2.05) is 35.9 Å². The average Bonchev–Trinajstić information content (AvgIpc) is 3.01. The van der Waals surface area contributed by atoms with Gasteiger partial charge in [0.25, 0.3) is 5.91 Å². The molecule has 21 heavy (non-hydrogen) atoms. The van der Waals surface area contributed by atoms with Crippen molar-refractivity contribution in [2.75, 3.05) is 13.2 Å². The number of aromatic nitrogens is 2. The van der Waals surface area contributed by atoms with Crippen molar-refractivity contribution in [2.24, 2.45) is 0 Å². The van der Waals surface area contributed by atoms with E-state index in [0.717, 1.165) is 18.7 Å². The number of rotatable bonds is 4. The molecule has 1 aromatic carbocycles. The molecule has 2 aromatic rings. The number of ether oxygens (including phenoxy) is 1. The second-order valence-corrected chi connectivity index (χ2v) is 5.12. The van der Waals surface area contributed by atoms with Gasteiger partial charge in [0.05, 0.1) is 6.61 Å². The van der Waals surface area contributed by atoms with E-state index in [4.69, 9.17) is 4.74 Å². The van der Waals surface area contributed by atoms with E-state index >= 15 is 0 Å². The third-order valence-corrected chi connectivity index (χ3v) is 3.85. The van der Waals surface area contributed by atoms with E-state index in [9.17, 15) is 4.79 Å². The fourth-order valence-corrected chi connectivity index (χ4v) is 2.70. The lowest BCUT2D eigenvalue weighted by Crippen LogP contribution is -2.32. The molecule has 2 heterocycles. The first kappa shape index (κ1) is 13.7. The number of hydrogen-bond donors (Lipinski definition) is 1. The maximum absolute atomic E-state index is 12.2. The Kier molecular flexibility index (Phi) is 3.90. The third kappa shape index (κ3) is 2.77. The summed E-state index contributed by atoms with van der Waals surface area (Å²) < 4.78 is 7.48. The zero-order valence-electron chi connectivity index (χ0n) is 12.1. The van der Waals surface area contributed by atoms with Crippen LogP contribution in [0.1, 0.15) is 35.4 Å².